The minimum absolute atomic E-state index is 0.0908. The minimum atomic E-state index is -4.60. The van der Waals surface area contributed by atoms with Gasteiger partial charge >= 0.3 is 6.18 Å². The summed E-state index contributed by atoms with van der Waals surface area (Å²) in [6.45, 7) is 6.20. The first-order valence-electron chi connectivity index (χ1n) is 11.9. The number of nitrogens with zero attached hydrogens (tertiary/aromatic N) is 4. The average molecular weight is 560 g/mol. The molecule has 0 bridgehead atoms. The summed E-state index contributed by atoms with van der Waals surface area (Å²) in [7, 11) is 0. The Balaban J connectivity index is 0.00000195. The SMILES string of the molecule is CC.Cc1nc(C(=O)N2CC(F)(F)CC(C)C2CNc2ncc(C(F)(F)F)cn2)c(-c2ccccc2F)s1. The molecular weight excluding hydrogens is 532 g/mol. The molecule has 0 radical (unpaired) electrons. The van der Waals surface area contributed by atoms with E-state index in [1.54, 1.807) is 19.9 Å². The fourth-order valence-electron chi connectivity index (χ4n) is 4.18. The van der Waals surface area contributed by atoms with E-state index >= 15 is 0 Å². The number of rotatable bonds is 5. The lowest BCUT2D eigenvalue weighted by molar-refractivity contribution is -0.138. The molecule has 6 nitrogen and oxygen atoms in total. The fourth-order valence-corrected chi connectivity index (χ4v) is 5.11. The van der Waals surface area contributed by atoms with Gasteiger partial charge in [0.15, 0.2) is 0 Å². The van der Waals surface area contributed by atoms with Gasteiger partial charge in [0.25, 0.3) is 11.8 Å². The van der Waals surface area contributed by atoms with Crippen molar-refractivity contribution in [1.29, 1.82) is 0 Å². The van der Waals surface area contributed by atoms with E-state index in [2.05, 4.69) is 20.3 Å². The molecule has 206 valence electrons. The maximum absolute atomic E-state index is 14.5. The van der Waals surface area contributed by atoms with E-state index in [0.717, 1.165) is 16.2 Å². The number of likely N-dealkylation sites (tertiary alicyclic amines) is 1. The van der Waals surface area contributed by atoms with Gasteiger partial charge in [-0.05, 0) is 18.9 Å². The van der Waals surface area contributed by atoms with Crippen molar-refractivity contribution in [3.05, 3.63) is 58.7 Å². The number of carbonyl (C=O) groups is 1. The van der Waals surface area contributed by atoms with Crippen molar-refractivity contribution in [2.24, 2.45) is 5.92 Å². The normalized spacial score (nSPS) is 18.9. The molecule has 2 unspecified atom stereocenters. The largest absolute Gasteiger partial charge is 0.419 e. The van der Waals surface area contributed by atoms with Gasteiger partial charge < -0.3 is 10.2 Å². The molecule has 0 aliphatic carbocycles. The average Bonchev–Trinajstić information content (AvgIpc) is 3.24. The van der Waals surface area contributed by atoms with Gasteiger partial charge in [0, 0.05) is 30.9 Å². The molecule has 3 aromatic rings. The van der Waals surface area contributed by atoms with Crippen LogP contribution in [-0.2, 0) is 6.18 Å². The quantitative estimate of drug-likeness (QED) is 0.353. The van der Waals surface area contributed by atoms with Crippen LogP contribution in [0.2, 0.25) is 0 Å². The predicted octanol–water partition coefficient (Wildman–Crippen LogP) is 6.69. The highest BCUT2D eigenvalue weighted by atomic mass is 32.1. The molecule has 1 aliphatic heterocycles. The minimum Gasteiger partial charge on any atom is -0.352 e. The molecule has 1 aliphatic rings. The molecular formula is C25H27F6N5OS. The molecule has 1 fully saturated rings. The number of alkyl halides is 5. The molecule has 1 saturated heterocycles. The molecule has 1 amide bonds. The first-order chi connectivity index (χ1) is 17.9. The molecule has 2 aromatic heterocycles. The van der Waals surface area contributed by atoms with Gasteiger partial charge in [-0.2, -0.15) is 13.2 Å². The number of halogens is 6. The Bertz CT molecular complexity index is 1250. The molecule has 13 heteroatoms. The van der Waals surface area contributed by atoms with Crippen molar-refractivity contribution in [2.45, 2.75) is 52.3 Å². The van der Waals surface area contributed by atoms with E-state index in [9.17, 15) is 31.1 Å². The van der Waals surface area contributed by atoms with Crippen molar-refractivity contribution < 1.29 is 31.1 Å². The Hall–Kier alpha value is -3.22. The van der Waals surface area contributed by atoms with Gasteiger partial charge in [0.05, 0.1) is 28.0 Å². The lowest BCUT2D eigenvalue weighted by Crippen LogP contribution is -2.57. The van der Waals surface area contributed by atoms with E-state index < -0.39 is 54.3 Å². The van der Waals surface area contributed by atoms with E-state index in [1.807, 2.05) is 13.8 Å². The van der Waals surface area contributed by atoms with Crippen molar-refractivity contribution in [3.63, 3.8) is 0 Å². The van der Waals surface area contributed by atoms with Crippen LogP contribution in [0.5, 0.6) is 0 Å². The zero-order valence-corrected chi connectivity index (χ0v) is 21.9. The number of benzene rings is 1. The summed E-state index contributed by atoms with van der Waals surface area (Å²) in [6, 6.07) is 5.01. The number of anilines is 1. The number of thiazole rings is 1. The van der Waals surface area contributed by atoms with Crippen LogP contribution < -0.4 is 5.32 Å². The summed E-state index contributed by atoms with van der Waals surface area (Å²) in [5.74, 6) is -5.36. The molecule has 2 atom stereocenters. The van der Waals surface area contributed by atoms with Gasteiger partial charge in [-0.15, -0.1) is 11.3 Å². The molecule has 0 spiro atoms. The lowest BCUT2D eigenvalue weighted by atomic mass is 9.88. The van der Waals surface area contributed by atoms with E-state index in [0.29, 0.717) is 17.4 Å². The van der Waals surface area contributed by atoms with Crippen LogP contribution in [0.4, 0.5) is 32.3 Å². The third-order valence-electron chi connectivity index (χ3n) is 5.84. The van der Waals surface area contributed by atoms with Crippen molar-refractivity contribution in [3.8, 4) is 10.4 Å². The van der Waals surface area contributed by atoms with Crippen LogP contribution in [0.3, 0.4) is 0 Å². The molecule has 3 heterocycles. The molecule has 1 N–H and O–H groups in total. The first-order valence-corrected chi connectivity index (χ1v) is 12.7. The van der Waals surface area contributed by atoms with Crippen LogP contribution in [0, 0.1) is 18.7 Å². The van der Waals surface area contributed by atoms with Crippen molar-refractivity contribution in [2.75, 3.05) is 18.4 Å². The number of hydrogen-bond donors (Lipinski definition) is 1. The van der Waals surface area contributed by atoms with Crippen LogP contribution in [0.25, 0.3) is 10.4 Å². The Morgan fingerprint density at radius 3 is 2.42 bits per heavy atom. The Labute approximate surface area is 220 Å². The van der Waals surface area contributed by atoms with E-state index in [-0.39, 0.29) is 28.6 Å². The number of nitrogens with one attached hydrogen (secondary N) is 1. The smallest absolute Gasteiger partial charge is 0.352 e. The summed E-state index contributed by atoms with van der Waals surface area (Å²) in [5.41, 5.74) is -1.03. The van der Waals surface area contributed by atoms with Gasteiger partial charge in [0.2, 0.25) is 5.95 Å². The highest BCUT2D eigenvalue weighted by Gasteiger charge is 2.47. The molecule has 38 heavy (non-hydrogen) atoms. The van der Waals surface area contributed by atoms with Gasteiger partial charge in [0.1, 0.15) is 11.5 Å². The highest BCUT2D eigenvalue weighted by Crippen LogP contribution is 2.38. The standard InChI is InChI=1S/C23H21F6N5OS.C2H6/c1-12-7-22(25,26)11-34(17(12)10-32-21-30-8-14(9-31-21)23(27,28)29)20(35)18-19(36-13(2)33-18)15-5-3-4-6-16(15)24;1-2/h3-6,8-9,12,17H,7,10-11H2,1-2H3,(H,30,31,32);1-2H3. The first kappa shape index (κ1) is 29.3. The summed E-state index contributed by atoms with van der Waals surface area (Å²) >= 11 is 1.08. The number of aryl methyl sites for hydroxylation is 1. The number of carbonyl (C=O) groups excluding carboxylic acids is 1. The van der Waals surface area contributed by atoms with Crippen LogP contribution in [0.1, 0.15) is 48.3 Å². The summed E-state index contributed by atoms with van der Waals surface area (Å²) < 4.78 is 81.8. The molecule has 1 aromatic carbocycles. The summed E-state index contributed by atoms with van der Waals surface area (Å²) in [4.78, 5) is 26.3. The van der Waals surface area contributed by atoms with E-state index in [4.69, 9.17) is 0 Å². The summed E-state index contributed by atoms with van der Waals surface area (Å²) in [6.07, 6.45) is -3.88. The number of aromatic nitrogens is 3. The Morgan fingerprint density at radius 1 is 1.18 bits per heavy atom. The predicted molar refractivity (Wildman–Crippen MR) is 133 cm³/mol. The second-order valence-corrected chi connectivity index (χ2v) is 9.81. The maximum Gasteiger partial charge on any atom is 0.419 e. The van der Waals surface area contributed by atoms with Crippen LogP contribution in [0.15, 0.2) is 36.7 Å². The summed E-state index contributed by atoms with van der Waals surface area (Å²) in [5, 5.41) is 3.20. The molecule has 4 rings (SSSR count). The Kier molecular flexibility index (Phi) is 9.01. The highest BCUT2D eigenvalue weighted by molar-refractivity contribution is 7.15. The van der Waals surface area contributed by atoms with Crippen LogP contribution in [-0.4, -0.2) is 50.8 Å². The maximum atomic E-state index is 14.5. The zero-order valence-electron chi connectivity index (χ0n) is 21.1. The van der Waals surface area contributed by atoms with Crippen molar-refractivity contribution >= 4 is 23.2 Å². The number of piperidine rings is 1. The third kappa shape index (κ3) is 6.61. The monoisotopic (exact) mass is 559 g/mol. The van der Waals surface area contributed by atoms with Gasteiger partial charge in [-0.25, -0.2) is 28.1 Å². The van der Waals surface area contributed by atoms with Gasteiger partial charge in [-0.1, -0.05) is 39.0 Å². The van der Waals surface area contributed by atoms with E-state index in [1.165, 1.54) is 18.2 Å². The Morgan fingerprint density at radius 2 is 1.82 bits per heavy atom. The number of amides is 1. The topological polar surface area (TPSA) is 71.0 Å². The second kappa shape index (κ2) is 11.7. The van der Waals surface area contributed by atoms with Gasteiger partial charge in [-0.3, -0.25) is 4.79 Å². The lowest BCUT2D eigenvalue weighted by Gasteiger charge is -2.43. The zero-order chi connectivity index (χ0) is 28.3. The third-order valence-corrected chi connectivity index (χ3v) is 6.85. The molecule has 0 saturated carbocycles. The van der Waals surface area contributed by atoms with Crippen LogP contribution >= 0.6 is 11.3 Å². The second-order valence-electron chi connectivity index (χ2n) is 8.60. The fraction of sp³-hybridized carbons (Fsp3) is 0.440. The van der Waals surface area contributed by atoms with Crippen molar-refractivity contribution in [1.82, 2.24) is 19.9 Å². The number of hydrogen-bond acceptors (Lipinski definition) is 6.